The van der Waals surface area contributed by atoms with Gasteiger partial charge in [0, 0.05) is 31.5 Å². The number of likely N-dealkylation sites (tertiary alicyclic amines) is 1. The molecule has 1 aromatic heterocycles. The summed E-state index contributed by atoms with van der Waals surface area (Å²) in [4.78, 5) is 26.4. The molecule has 1 saturated heterocycles. The molecule has 2 aliphatic rings. The van der Waals surface area contributed by atoms with Crippen LogP contribution in [0.3, 0.4) is 0 Å². The summed E-state index contributed by atoms with van der Waals surface area (Å²) in [7, 11) is 0. The lowest BCUT2D eigenvalue weighted by molar-refractivity contribution is -0.128. The zero-order chi connectivity index (χ0) is 17.1. The Morgan fingerprint density at radius 1 is 1.38 bits per heavy atom. The lowest BCUT2D eigenvalue weighted by Gasteiger charge is -2.27. The molecule has 1 aliphatic carbocycles. The van der Waals surface area contributed by atoms with Gasteiger partial charge in [-0.3, -0.25) is 9.59 Å². The van der Waals surface area contributed by atoms with Crippen LogP contribution >= 0.6 is 0 Å². The number of amides is 2. The lowest BCUT2D eigenvalue weighted by atomic mass is 9.89. The van der Waals surface area contributed by atoms with Crippen LogP contribution in [0.5, 0.6) is 0 Å². The number of nitrogens with one attached hydrogen (secondary N) is 1. The molecule has 1 N–H and O–H groups in total. The first kappa shape index (κ1) is 17.0. The van der Waals surface area contributed by atoms with Crippen LogP contribution in [0.1, 0.15) is 74.5 Å². The average Bonchev–Trinajstić information content (AvgIpc) is 3.16. The number of nitrogens with zero attached hydrogens (tertiary/aromatic N) is 2. The van der Waals surface area contributed by atoms with E-state index in [-0.39, 0.29) is 29.5 Å². The van der Waals surface area contributed by atoms with Crippen molar-refractivity contribution in [2.24, 2.45) is 5.92 Å². The van der Waals surface area contributed by atoms with Gasteiger partial charge in [0.25, 0.3) is 5.91 Å². The van der Waals surface area contributed by atoms with Crippen molar-refractivity contribution in [3.05, 3.63) is 17.5 Å². The second-order valence-corrected chi connectivity index (χ2v) is 7.45. The van der Waals surface area contributed by atoms with Crippen LogP contribution in [-0.2, 0) is 4.79 Å². The van der Waals surface area contributed by atoms with Gasteiger partial charge >= 0.3 is 0 Å². The zero-order valence-corrected chi connectivity index (χ0v) is 14.6. The second kappa shape index (κ2) is 7.36. The van der Waals surface area contributed by atoms with Crippen LogP contribution in [0.4, 0.5) is 0 Å². The molecule has 1 aliphatic heterocycles. The Morgan fingerprint density at radius 2 is 2.12 bits per heavy atom. The maximum atomic E-state index is 12.3. The van der Waals surface area contributed by atoms with Crippen molar-refractivity contribution in [3.63, 3.8) is 0 Å². The van der Waals surface area contributed by atoms with E-state index in [4.69, 9.17) is 4.52 Å². The number of aromatic nitrogens is 1. The maximum absolute atomic E-state index is 12.3. The van der Waals surface area contributed by atoms with Crippen molar-refractivity contribution in [2.75, 3.05) is 13.1 Å². The van der Waals surface area contributed by atoms with Gasteiger partial charge in [-0.15, -0.1) is 0 Å². The van der Waals surface area contributed by atoms with Crippen molar-refractivity contribution in [3.8, 4) is 0 Å². The van der Waals surface area contributed by atoms with Gasteiger partial charge in [-0.1, -0.05) is 38.3 Å². The van der Waals surface area contributed by atoms with E-state index in [0.717, 1.165) is 6.54 Å². The molecule has 0 bridgehead atoms. The summed E-state index contributed by atoms with van der Waals surface area (Å²) in [5, 5.41) is 6.75. The fraction of sp³-hybridized carbons (Fsp3) is 0.722. The van der Waals surface area contributed by atoms with Crippen LogP contribution in [0.15, 0.2) is 10.6 Å². The van der Waals surface area contributed by atoms with Gasteiger partial charge in [0.1, 0.15) is 5.76 Å². The maximum Gasteiger partial charge on any atom is 0.273 e. The molecule has 2 heterocycles. The molecular formula is C18H27N3O3. The molecule has 0 radical (unpaired) electrons. The first-order valence-electron chi connectivity index (χ1n) is 9.08. The van der Waals surface area contributed by atoms with Gasteiger partial charge in [0.05, 0.1) is 6.04 Å². The van der Waals surface area contributed by atoms with Crippen molar-refractivity contribution in [1.29, 1.82) is 0 Å². The number of hydrogen-bond acceptors (Lipinski definition) is 4. The normalized spacial score (nSPS) is 22.4. The molecule has 0 spiro atoms. The standard InChI is InChI=1S/C18H27N3O3/c1-12(2)16-9-15(20-24-16)18(23)19-14-8-17(22)21(11-14)10-13-6-4-3-5-7-13/h9,12-14H,3-8,10-11H2,1-2H3,(H,19,23)/t14-/m1/s1. The first-order valence-corrected chi connectivity index (χ1v) is 9.08. The van der Waals surface area contributed by atoms with Crippen molar-refractivity contribution >= 4 is 11.8 Å². The van der Waals surface area contributed by atoms with E-state index >= 15 is 0 Å². The molecule has 1 saturated carbocycles. The predicted octanol–water partition coefficient (Wildman–Crippen LogP) is 2.71. The predicted molar refractivity (Wildman–Crippen MR) is 89.6 cm³/mol. The number of hydrogen-bond donors (Lipinski definition) is 1. The van der Waals surface area contributed by atoms with Gasteiger partial charge in [0.15, 0.2) is 5.69 Å². The Labute approximate surface area is 142 Å². The van der Waals surface area contributed by atoms with E-state index in [0.29, 0.717) is 24.6 Å². The van der Waals surface area contributed by atoms with Gasteiger partial charge in [-0.25, -0.2) is 0 Å². The minimum Gasteiger partial charge on any atom is -0.360 e. The van der Waals surface area contributed by atoms with Crippen LogP contribution in [0.25, 0.3) is 0 Å². The highest BCUT2D eigenvalue weighted by atomic mass is 16.5. The molecule has 24 heavy (non-hydrogen) atoms. The largest absolute Gasteiger partial charge is 0.360 e. The van der Waals surface area contributed by atoms with Gasteiger partial charge in [-0.2, -0.15) is 0 Å². The molecule has 6 heteroatoms. The summed E-state index contributed by atoms with van der Waals surface area (Å²) in [5.41, 5.74) is 0.289. The van der Waals surface area contributed by atoms with E-state index in [2.05, 4.69) is 10.5 Å². The number of carbonyl (C=O) groups is 2. The summed E-state index contributed by atoms with van der Waals surface area (Å²) in [6, 6.07) is 1.55. The molecule has 1 atom stereocenters. The Hall–Kier alpha value is -1.85. The van der Waals surface area contributed by atoms with Gasteiger partial charge in [0.2, 0.25) is 5.91 Å². The second-order valence-electron chi connectivity index (χ2n) is 7.45. The Balaban J connectivity index is 1.52. The SMILES string of the molecule is CC(C)c1cc(C(=O)N[C@@H]2CC(=O)N(CC3CCCCC3)C2)no1. The number of carbonyl (C=O) groups excluding carboxylic acids is 2. The molecule has 2 fully saturated rings. The van der Waals surface area contributed by atoms with E-state index in [1.807, 2.05) is 18.7 Å². The molecule has 0 unspecified atom stereocenters. The quantitative estimate of drug-likeness (QED) is 0.899. The Bertz CT molecular complexity index is 590. The van der Waals surface area contributed by atoms with Gasteiger partial charge < -0.3 is 14.7 Å². The molecule has 2 amide bonds. The molecule has 3 rings (SSSR count). The fourth-order valence-electron chi connectivity index (χ4n) is 3.65. The number of rotatable bonds is 5. The average molecular weight is 333 g/mol. The molecular weight excluding hydrogens is 306 g/mol. The summed E-state index contributed by atoms with van der Waals surface area (Å²) in [5.74, 6) is 1.40. The van der Waals surface area contributed by atoms with E-state index in [1.54, 1.807) is 6.07 Å². The summed E-state index contributed by atoms with van der Waals surface area (Å²) in [6.45, 7) is 5.42. The van der Waals surface area contributed by atoms with Crippen LogP contribution in [0, 0.1) is 5.92 Å². The van der Waals surface area contributed by atoms with E-state index in [1.165, 1.54) is 32.1 Å². The third-order valence-electron chi connectivity index (χ3n) is 5.08. The summed E-state index contributed by atoms with van der Waals surface area (Å²) >= 11 is 0. The van der Waals surface area contributed by atoms with E-state index in [9.17, 15) is 9.59 Å². The minimum atomic E-state index is -0.261. The third kappa shape index (κ3) is 3.97. The van der Waals surface area contributed by atoms with Crippen molar-refractivity contribution < 1.29 is 14.1 Å². The first-order chi connectivity index (χ1) is 11.5. The topological polar surface area (TPSA) is 75.4 Å². The monoisotopic (exact) mass is 333 g/mol. The van der Waals surface area contributed by atoms with E-state index < -0.39 is 0 Å². The summed E-state index contributed by atoms with van der Waals surface area (Å²) in [6.07, 6.45) is 6.69. The molecule has 0 aromatic carbocycles. The molecule has 6 nitrogen and oxygen atoms in total. The lowest BCUT2D eigenvalue weighted by Crippen LogP contribution is -2.38. The molecule has 132 valence electrons. The Morgan fingerprint density at radius 3 is 2.79 bits per heavy atom. The van der Waals surface area contributed by atoms with Crippen molar-refractivity contribution in [2.45, 2.75) is 64.3 Å². The van der Waals surface area contributed by atoms with Crippen molar-refractivity contribution in [1.82, 2.24) is 15.4 Å². The summed E-state index contributed by atoms with van der Waals surface area (Å²) < 4.78 is 5.17. The molecule has 1 aromatic rings. The van der Waals surface area contributed by atoms with Crippen LogP contribution in [0.2, 0.25) is 0 Å². The fourth-order valence-corrected chi connectivity index (χ4v) is 3.65. The van der Waals surface area contributed by atoms with Gasteiger partial charge in [-0.05, 0) is 18.8 Å². The smallest absolute Gasteiger partial charge is 0.273 e. The highest BCUT2D eigenvalue weighted by molar-refractivity contribution is 5.93. The van der Waals surface area contributed by atoms with Crippen LogP contribution < -0.4 is 5.32 Å². The highest BCUT2D eigenvalue weighted by Gasteiger charge is 2.32. The minimum absolute atomic E-state index is 0.132. The zero-order valence-electron chi connectivity index (χ0n) is 14.6. The van der Waals surface area contributed by atoms with Crippen LogP contribution in [-0.4, -0.2) is 41.0 Å². The highest BCUT2D eigenvalue weighted by Crippen LogP contribution is 2.26. The third-order valence-corrected chi connectivity index (χ3v) is 5.08. The Kier molecular flexibility index (Phi) is 5.21.